The monoisotopic (exact) mass is 390 g/mol. The molecule has 1 aromatic rings. The molecule has 0 aromatic heterocycles. The maximum Gasteiger partial charge on any atom is 0.466 e. The zero-order chi connectivity index (χ0) is 20.8. The molecule has 0 aliphatic heterocycles. The average Bonchev–Trinajstić information content (AvgIpc) is 2.56. The molecule has 0 fully saturated rings. The SMILES string of the molecule is C=Cc1ccccc1.CCCCC.CCCCOC(C)=O.O=P(O)(O)O. The van der Waals surface area contributed by atoms with Crippen molar-refractivity contribution in [3.8, 4) is 0 Å². The van der Waals surface area contributed by atoms with Gasteiger partial charge >= 0.3 is 13.8 Å². The lowest BCUT2D eigenvalue weighted by molar-refractivity contribution is -0.141. The van der Waals surface area contributed by atoms with Crippen LogP contribution in [0.1, 0.15) is 65.4 Å². The summed E-state index contributed by atoms with van der Waals surface area (Å²) in [4.78, 5) is 31.7. The zero-order valence-electron chi connectivity index (χ0n) is 16.4. The summed E-state index contributed by atoms with van der Waals surface area (Å²) in [7, 11) is -4.64. The molecule has 1 rings (SSSR count). The average molecular weight is 390 g/mol. The van der Waals surface area contributed by atoms with Gasteiger partial charge in [0, 0.05) is 6.92 Å². The standard InChI is InChI=1S/C8H8.C6H12O2.C5H12.H3O4P/c1-2-8-6-4-3-5-7-8;1-3-4-5-8-6(2)7;1-3-5-4-2;1-5(2,3)4/h2-7H,1H2;3-5H2,1-2H3;3-5H2,1-2H3;(H3,1,2,3,4). The number of phosphoric acid groups is 1. The van der Waals surface area contributed by atoms with E-state index in [4.69, 9.17) is 19.2 Å². The van der Waals surface area contributed by atoms with Crippen LogP contribution in [0.5, 0.6) is 0 Å². The number of hydrogen-bond donors (Lipinski definition) is 3. The number of carbonyl (C=O) groups excluding carboxylic acids is 1. The highest BCUT2D eigenvalue weighted by Gasteiger charge is 2.00. The van der Waals surface area contributed by atoms with Gasteiger partial charge in [0.2, 0.25) is 0 Å². The van der Waals surface area contributed by atoms with E-state index in [1.165, 1.54) is 31.7 Å². The molecule has 0 saturated carbocycles. The van der Waals surface area contributed by atoms with Crippen molar-refractivity contribution in [2.24, 2.45) is 0 Å². The fourth-order valence-electron chi connectivity index (χ4n) is 1.30. The van der Waals surface area contributed by atoms with E-state index >= 15 is 0 Å². The molecule has 1 aromatic carbocycles. The van der Waals surface area contributed by atoms with Crippen molar-refractivity contribution in [2.45, 2.75) is 59.8 Å². The first-order valence-electron chi connectivity index (χ1n) is 8.71. The van der Waals surface area contributed by atoms with Gasteiger partial charge in [0.1, 0.15) is 0 Å². The van der Waals surface area contributed by atoms with Gasteiger partial charge in [-0.25, -0.2) is 4.57 Å². The van der Waals surface area contributed by atoms with Crippen molar-refractivity contribution < 1.29 is 28.8 Å². The molecule has 0 unspecified atom stereocenters. The molecular formula is C19H35O6P. The van der Waals surface area contributed by atoms with Gasteiger partial charge in [0.15, 0.2) is 0 Å². The summed E-state index contributed by atoms with van der Waals surface area (Å²) in [5, 5.41) is 0. The number of ether oxygens (including phenoxy) is 1. The van der Waals surface area contributed by atoms with Crippen molar-refractivity contribution in [1.82, 2.24) is 0 Å². The normalized spacial score (nSPS) is 9.19. The van der Waals surface area contributed by atoms with E-state index in [2.05, 4.69) is 32.1 Å². The first kappa shape index (κ1) is 29.3. The number of unbranched alkanes of at least 4 members (excludes halogenated alkanes) is 3. The first-order chi connectivity index (χ1) is 12.1. The minimum Gasteiger partial charge on any atom is -0.466 e. The van der Waals surface area contributed by atoms with Crippen molar-refractivity contribution in [3.05, 3.63) is 42.5 Å². The van der Waals surface area contributed by atoms with E-state index in [-0.39, 0.29) is 5.97 Å². The third-order valence-electron chi connectivity index (χ3n) is 2.55. The zero-order valence-corrected chi connectivity index (χ0v) is 17.3. The van der Waals surface area contributed by atoms with Gasteiger partial charge in [-0.05, 0) is 12.0 Å². The van der Waals surface area contributed by atoms with Gasteiger partial charge in [0.05, 0.1) is 6.61 Å². The van der Waals surface area contributed by atoms with E-state index in [0.717, 1.165) is 12.8 Å². The van der Waals surface area contributed by atoms with Gasteiger partial charge in [-0.2, -0.15) is 0 Å². The summed E-state index contributed by atoms with van der Waals surface area (Å²) >= 11 is 0. The summed E-state index contributed by atoms with van der Waals surface area (Å²) in [6.45, 7) is 12.1. The molecule has 6 nitrogen and oxygen atoms in total. The van der Waals surface area contributed by atoms with Crippen LogP contribution >= 0.6 is 7.82 Å². The predicted octanol–water partition coefficient (Wildman–Crippen LogP) is 4.95. The lowest BCUT2D eigenvalue weighted by Gasteiger charge is -1.96. The quantitative estimate of drug-likeness (QED) is 0.361. The number of benzene rings is 1. The smallest absolute Gasteiger partial charge is 0.466 e. The highest BCUT2D eigenvalue weighted by Crippen LogP contribution is 2.25. The van der Waals surface area contributed by atoms with E-state index < -0.39 is 7.82 Å². The Balaban J connectivity index is -0.000000279. The van der Waals surface area contributed by atoms with Crippen LogP contribution in [0.15, 0.2) is 36.9 Å². The molecule has 0 amide bonds. The van der Waals surface area contributed by atoms with Crippen molar-refractivity contribution in [3.63, 3.8) is 0 Å². The van der Waals surface area contributed by atoms with Crippen LogP contribution in [0, 0.1) is 0 Å². The maximum absolute atomic E-state index is 10.1. The van der Waals surface area contributed by atoms with E-state index in [1.807, 2.05) is 36.4 Å². The Kier molecular flexibility index (Phi) is 24.3. The van der Waals surface area contributed by atoms with Crippen LogP contribution < -0.4 is 0 Å². The molecule has 26 heavy (non-hydrogen) atoms. The number of esters is 1. The molecule has 0 saturated heterocycles. The molecule has 0 heterocycles. The van der Waals surface area contributed by atoms with E-state index in [9.17, 15) is 4.79 Å². The van der Waals surface area contributed by atoms with Crippen LogP contribution in [0.25, 0.3) is 6.08 Å². The Labute approximate surface area is 158 Å². The summed E-state index contributed by atoms with van der Waals surface area (Å²) in [5.41, 5.74) is 1.17. The molecule has 0 atom stereocenters. The van der Waals surface area contributed by atoms with Crippen LogP contribution in [0.3, 0.4) is 0 Å². The fourth-order valence-corrected chi connectivity index (χ4v) is 1.30. The Morgan fingerprint density at radius 3 is 1.69 bits per heavy atom. The Bertz CT molecular complexity index is 460. The van der Waals surface area contributed by atoms with Gasteiger partial charge in [0.25, 0.3) is 0 Å². The van der Waals surface area contributed by atoms with Crippen molar-refractivity contribution in [2.75, 3.05) is 6.61 Å². The first-order valence-corrected chi connectivity index (χ1v) is 10.3. The molecule has 3 N–H and O–H groups in total. The molecule has 0 radical (unpaired) electrons. The topological polar surface area (TPSA) is 104 Å². The lowest BCUT2D eigenvalue weighted by atomic mass is 10.2. The summed E-state index contributed by atoms with van der Waals surface area (Å²) in [5.74, 6) is -0.182. The highest BCUT2D eigenvalue weighted by atomic mass is 31.2. The molecule has 0 bridgehead atoms. The van der Waals surface area contributed by atoms with Crippen LogP contribution in [-0.2, 0) is 14.1 Å². The second-order valence-electron chi connectivity index (χ2n) is 5.18. The summed E-state index contributed by atoms with van der Waals surface area (Å²) < 4.78 is 13.5. The Hall–Kier alpha value is -1.46. The second kappa shape index (κ2) is 21.6. The molecule has 0 aliphatic rings. The van der Waals surface area contributed by atoms with E-state index in [0.29, 0.717) is 6.61 Å². The lowest BCUT2D eigenvalue weighted by Crippen LogP contribution is -1.99. The summed E-state index contributed by atoms with van der Waals surface area (Å²) in [6, 6.07) is 10.0. The Morgan fingerprint density at radius 2 is 1.46 bits per heavy atom. The largest absolute Gasteiger partial charge is 0.466 e. The third kappa shape index (κ3) is 43.3. The van der Waals surface area contributed by atoms with Gasteiger partial charge < -0.3 is 19.4 Å². The minimum absolute atomic E-state index is 0.182. The number of carbonyl (C=O) groups is 1. The van der Waals surface area contributed by atoms with Crippen molar-refractivity contribution in [1.29, 1.82) is 0 Å². The van der Waals surface area contributed by atoms with E-state index in [1.54, 1.807) is 0 Å². The second-order valence-corrected chi connectivity index (χ2v) is 6.20. The van der Waals surface area contributed by atoms with Gasteiger partial charge in [-0.1, -0.05) is 89.4 Å². The van der Waals surface area contributed by atoms with Crippen LogP contribution in [0.2, 0.25) is 0 Å². The highest BCUT2D eigenvalue weighted by molar-refractivity contribution is 7.45. The van der Waals surface area contributed by atoms with Gasteiger partial charge in [-0.15, -0.1) is 0 Å². The van der Waals surface area contributed by atoms with Crippen LogP contribution in [0.4, 0.5) is 0 Å². The summed E-state index contributed by atoms with van der Waals surface area (Å²) in [6.07, 6.45) is 7.96. The maximum atomic E-state index is 10.1. The molecule has 152 valence electrons. The predicted molar refractivity (Wildman–Crippen MR) is 108 cm³/mol. The van der Waals surface area contributed by atoms with Crippen molar-refractivity contribution >= 4 is 19.9 Å². The minimum atomic E-state index is -4.64. The Morgan fingerprint density at radius 1 is 1.04 bits per heavy atom. The number of hydrogen-bond acceptors (Lipinski definition) is 3. The molecule has 0 spiro atoms. The molecule has 7 heteroatoms. The molecular weight excluding hydrogens is 355 g/mol. The molecule has 0 aliphatic carbocycles. The van der Waals surface area contributed by atoms with Gasteiger partial charge in [-0.3, -0.25) is 4.79 Å². The fraction of sp³-hybridized carbons (Fsp3) is 0.526. The van der Waals surface area contributed by atoms with Crippen LogP contribution in [-0.4, -0.2) is 27.3 Å². The number of rotatable bonds is 6. The third-order valence-corrected chi connectivity index (χ3v) is 2.55.